The van der Waals surface area contributed by atoms with Crippen molar-refractivity contribution in [2.75, 3.05) is 5.32 Å². The van der Waals surface area contributed by atoms with Gasteiger partial charge >= 0.3 is 0 Å². The Kier molecular flexibility index (Phi) is 4.35. The van der Waals surface area contributed by atoms with Crippen molar-refractivity contribution in [2.45, 2.75) is 23.6 Å². The fourth-order valence-corrected chi connectivity index (χ4v) is 4.92. The zero-order valence-corrected chi connectivity index (χ0v) is 16.0. The largest absolute Gasteiger partial charge is 0.379 e. The number of rotatable bonds is 3. The minimum Gasteiger partial charge on any atom is -0.379 e. The van der Waals surface area contributed by atoms with E-state index in [-0.39, 0.29) is 22.1 Å². The van der Waals surface area contributed by atoms with Crippen molar-refractivity contribution in [3.8, 4) is 0 Å². The maximum Gasteiger partial charge on any atom is 0.274 e. The Bertz CT molecular complexity index is 1000. The van der Waals surface area contributed by atoms with Crippen molar-refractivity contribution >= 4 is 40.1 Å². The molecule has 1 aliphatic heterocycles. The third-order valence-corrected chi connectivity index (χ3v) is 6.31. The van der Waals surface area contributed by atoms with Crippen molar-refractivity contribution < 1.29 is 18.0 Å². The van der Waals surface area contributed by atoms with E-state index < -0.39 is 34.4 Å². The number of benzene rings is 1. The summed E-state index contributed by atoms with van der Waals surface area (Å²) in [5, 5.41) is 1.90. The van der Waals surface area contributed by atoms with Crippen LogP contribution in [0, 0.1) is 11.7 Å². The first kappa shape index (κ1) is 19.1. The molecule has 0 bridgehead atoms. The van der Waals surface area contributed by atoms with Crippen LogP contribution in [0.5, 0.6) is 0 Å². The minimum atomic E-state index is -3.00. The summed E-state index contributed by atoms with van der Waals surface area (Å²) in [7, 11) is 0. The van der Waals surface area contributed by atoms with E-state index in [1.165, 1.54) is 37.4 Å². The number of carbonyl (C=O) groups is 1. The van der Waals surface area contributed by atoms with Crippen LogP contribution < -0.4 is 11.1 Å². The summed E-state index contributed by atoms with van der Waals surface area (Å²) < 4.78 is 43.0. The maximum atomic E-state index is 14.6. The molecular weight excluding hydrogens is 413 g/mol. The molecule has 2 aromatic rings. The molecule has 28 heavy (non-hydrogen) atoms. The molecule has 0 saturated heterocycles. The Labute approximate surface area is 167 Å². The highest BCUT2D eigenvalue weighted by molar-refractivity contribution is 8.14. The van der Waals surface area contributed by atoms with Crippen LogP contribution in [0.25, 0.3) is 0 Å². The van der Waals surface area contributed by atoms with E-state index in [1.54, 1.807) is 0 Å². The smallest absolute Gasteiger partial charge is 0.274 e. The summed E-state index contributed by atoms with van der Waals surface area (Å²) in [6, 6.07) is 6.69. The molecule has 1 aromatic carbocycles. The van der Waals surface area contributed by atoms with Crippen molar-refractivity contribution in [2.24, 2.45) is 16.6 Å². The normalized spacial score (nSPS) is 27.5. The van der Waals surface area contributed by atoms with Gasteiger partial charge in [-0.05, 0) is 37.3 Å². The van der Waals surface area contributed by atoms with Crippen LogP contribution in [0.3, 0.4) is 0 Å². The average molecular weight is 427 g/mol. The van der Waals surface area contributed by atoms with Gasteiger partial charge in [-0.25, -0.2) is 18.2 Å². The van der Waals surface area contributed by atoms with Gasteiger partial charge < -0.3 is 11.1 Å². The number of amidine groups is 1. The molecule has 2 aliphatic rings. The lowest BCUT2D eigenvalue weighted by Gasteiger charge is -2.29. The second kappa shape index (κ2) is 6.38. The predicted molar refractivity (Wildman–Crippen MR) is 102 cm³/mol. The van der Waals surface area contributed by atoms with Crippen LogP contribution in [-0.2, 0) is 5.54 Å². The number of pyridine rings is 1. The second-order valence-electron chi connectivity index (χ2n) is 6.80. The number of alkyl halides is 2. The molecule has 10 heteroatoms. The van der Waals surface area contributed by atoms with Gasteiger partial charge in [-0.15, -0.1) is 0 Å². The summed E-state index contributed by atoms with van der Waals surface area (Å²) in [5.74, 6) is -5.41. The van der Waals surface area contributed by atoms with Gasteiger partial charge in [-0.1, -0.05) is 23.4 Å². The SMILES string of the molecule is C[C@]1(c2cc(NC(=O)c3ccc(Cl)cn3)ccc2F)N=C(N)SC2[C@H]1C2(F)F. The molecule has 1 saturated carbocycles. The molecule has 1 aromatic heterocycles. The highest BCUT2D eigenvalue weighted by Gasteiger charge is 2.77. The van der Waals surface area contributed by atoms with E-state index >= 15 is 0 Å². The topological polar surface area (TPSA) is 80.4 Å². The zero-order valence-electron chi connectivity index (χ0n) is 14.4. The van der Waals surface area contributed by atoms with E-state index in [0.29, 0.717) is 5.02 Å². The second-order valence-corrected chi connectivity index (χ2v) is 8.40. The van der Waals surface area contributed by atoms with E-state index in [9.17, 15) is 18.0 Å². The Morgan fingerprint density at radius 3 is 2.75 bits per heavy atom. The van der Waals surface area contributed by atoms with Crippen LogP contribution in [0.4, 0.5) is 18.9 Å². The quantitative estimate of drug-likeness (QED) is 0.776. The first-order valence-corrected chi connectivity index (χ1v) is 9.51. The van der Waals surface area contributed by atoms with Gasteiger partial charge in [0.15, 0.2) is 5.17 Å². The molecule has 2 heterocycles. The molecule has 1 unspecified atom stereocenters. The fraction of sp³-hybridized carbons (Fsp3) is 0.278. The van der Waals surface area contributed by atoms with Crippen molar-refractivity contribution in [3.63, 3.8) is 0 Å². The van der Waals surface area contributed by atoms with Crippen molar-refractivity contribution in [1.29, 1.82) is 0 Å². The Morgan fingerprint density at radius 1 is 1.32 bits per heavy atom. The number of aromatic nitrogens is 1. The van der Waals surface area contributed by atoms with Crippen molar-refractivity contribution in [3.05, 3.63) is 58.6 Å². The number of nitrogens with one attached hydrogen (secondary N) is 1. The van der Waals surface area contributed by atoms with Gasteiger partial charge in [0.25, 0.3) is 11.8 Å². The van der Waals surface area contributed by atoms with Gasteiger partial charge in [0.05, 0.1) is 21.7 Å². The molecule has 4 rings (SSSR count). The number of hydrogen-bond acceptors (Lipinski definition) is 5. The summed E-state index contributed by atoms with van der Waals surface area (Å²) in [4.78, 5) is 20.4. The summed E-state index contributed by atoms with van der Waals surface area (Å²) >= 11 is 6.55. The number of carbonyl (C=O) groups excluding carboxylic acids is 1. The molecule has 1 fully saturated rings. The number of fused-ring (bicyclic) bond motifs is 1. The fourth-order valence-electron chi connectivity index (χ4n) is 3.49. The standard InChI is InChI=1S/C18H14ClF3N4OS/c1-17(13-14(18(13,21)22)28-16(23)26-17)10-6-9(3-4-11(10)20)25-15(27)12-5-2-8(19)7-24-12/h2-7,13-14H,1H3,(H2,23,26)(H,25,27)/t13-,14?,17-/m1/s1. The highest BCUT2D eigenvalue weighted by Crippen LogP contribution is 2.66. The molecule has 146 valence electrons. The lowest BCUT2D eigenvalue weighted by atomic mass is 9.86. The Morgan fingerprint density at radius 2 is 2.07 bits per heavy atom. The number of hydrogen-bond donors (Lipinski definition) is 2. The van der Waals surface area contributed by atoms with E-state index in [4.69, 9.17) is 17.3 Å². The van der Waals surface area contributed by atoms with Gasteiger partial charge in [0.2, 0.25) is 0 Å². The third-order valence-electron chi connectivity index (χ3n) is 4.91. The van der Waals surface area contributed by atoms with Crippen molar-refractivity contribution in [1.82, 2.24) is 4.98 Å². The number of nitrogens with two attached hydrogens (primary N) is 1. The summed E-state index contributed by atoms with van der Waals surface area (Å²) in [6.45, 7) is 1.43. The van der Waals surface area contributed by atoms with Gasteiger partial charge in [0, 0.05) is 17.4 Å². The first-order valence-electron chi connectivity index (χ1n) is 8.25. The summed E-state index contributed by atoms with van der Waals surface area (Å²) in [5.41, 5.74) is 4.46. The van der Waals surface area contributed by atoms with Gasteiger partial charge in [-0.3, -0.25) is 9.79 Å². The van der Waals surface area contributed by atoms with E-state index in [2.05, 4.69) is 15.3 Å². The Balaban J connectivity index is 1.67. The monoisotopic (exact) mass is 426 g/mol. The molecule has 3 N–H and O–H groups in total. The molecule has 1 amide bonds. The number of aliphatic imine (C=N–C) groups is 1. The molecule has 5 nitrogen and oxygen atoms in total. The Hall–Kier alpha value is -2.26. The van der Waals surface area contributed by atoms with Crippen LogP contribution in [-0.4, -0.2) is 27.2 Å². The van der Waals surface area contributed by atoms with Gasteiger partial charge in [0.1, 0.15) is 11.5 Å². The number of amides is 1. The zero-order chi connectivity index (χ0) is 20.3. The average Bonchev–Trinajstić information content (AvgIpc) is 3.18. The molecule has 0 spiro atoms. The minimum absolute atomic E-state index is 0.0138. The highest BCUT2D eigenvalue weighted by atomic mass is 35.5. The molecule has 1 aliphatic carbocycles. The maximum absolute atomic E-state index is 14.6. The molecular formula is C18H14ClF3N4OS. The third kappa shape index (κ3) is 3.02. The van der Waals surface area contributed by atoms with Crippen LogP contribution in [0.1, 0.15) is 23.0 Å². The number of anilines is 1. The number of halogens is 4. The number of thioether (sulfide) groups is 1. The van der Waals surface area contributed by atoms with Crippen LogP contribution in [0.2, 0.25) is 5.02 Å². The molecule has 0 radical (unpaired) electrons. The van der Waals surface area contributed by atoms with Crippen LogP contribution in [0.15, 0.2) is 41.5 Å². The summed E-state index contributed by atoms with van der Waals surface area (Å²) in [6.07, 6.45) is 1.32. The lowest BCUT2D eigenvalue weighted by molar-refractivity contribution is 0.0819. The lowest BCUT2D eigenvalue weighted by Crippen LogP contribution is -2.32. The van der Waals surface area contributed by atoms with E-state index in [0.717, 1.165) is 17.8 Å². The van der Waals surface area contributed by atoms with E-state index in [1.807, 2.05) is 0 Å². The predicted octanol–water partition coefficient (Wildman–Crippen LogP) is 4.04. The number of nitrogens with zero attached hydrogens (tertiary/aromatic N) is 2. The first-order chi connectivity index (χ1) is 13.1. The van der Waals surface area contributed by atoms with Gasteiger partial charge in [-0.2, -0.15) is 0 Å². The van der Waals surface area contributed by atoms with Crippen LogP contribution >= 0.6 is 23.4 Å². The molecule has 3 atom stereocenters.